The number of benzene rings is 1. The zero-order chi connectivity index (χ0) is 15.6. The van der Waals surface area contributed by atoms with Crippen LogP contribution in [0, 0.1) is 6.92 Å². The van der Waals surface area contributed by atoms with Crippen molar-refractivity contribution in [3.05, 3.63) is 52.3 Å². The Morgan fingerprint density at radius 3 is 2.67 bits per heavy atom. The lowest BCUT2D eigenvalue weighted by Gasteiger charge is -2.12. The van der Waals surface area contributed by atoms with E-state index in [0.717, 1.165) is 0 Å². The number of nitrogens with zero attached hydrogens (tertiary/aromatic N) is 1. The summed E-state index contributed by atoms with van der Waals surface area (Å²) in [6.07, 6.45) is 2.72. The number of primary amides is 1. The average molecular weight is 370 g/mol. The highest BCUT2D eigenvalue weighted by molar-refractivity contribution is 9.10. The number of sulfonamides is 1. The zero-order valence-electron chi connectivity index (χ0n) is 11.0. The van der Waals surface area contributed by atoms with E-state index in [2.05, 4.69) is 25.6 Å². The van der Waals surface area contributed by atoms with Crippen LogP contribution in [-0.4, -0.2) is 19.3 Å². The van der Waals surface area contributed by atoms with Crippen LogP contribution in [0.25, 0.3) is 0 Å². The maximum Gasteiger partial charge on any atom is 0.263 e. The normalized spacial score (nSPS) is 11.1. The molecule has 1 amide bonds. The van der Waals surface area contributed by atoms with Crippen LogP contribution in [0.5, 0.6) is 0 Å². The van der Waals surface area contributed by atoms with E-state index in [1.807, 2.05) is 0 Å². The molecular formula is C13H12BrN3O3S. The van der Waals surface area contributed by atoms with E-state index in [1.165, 1.54) is 24.5 Å². The predicted octanol–water partition coefficient (Wildman–Crippen LogP) is 2.05. The number of rotatable bonds is 4. The second-order valence-electron chi connectivity index (χ2n) is 4.29. The molecule has 0 radical (unpaired) electrons. The van der Waals surface area contributed by atoms with Gasteiger partial charge in [-0.3, -0.25) is 14.5 Å². The maximum atomic E-state index is 12.3. The number of carbonyl (C=O) groups excluding carboxylic acids is 1. The third-order valence-corrected chi connectivity index (χ3v) is 4.60. The van der Waals surface area contributed by atoms with Gasteiger partial charge in [-0.25, -0.2) is 8.42 Å². The quantitative estimate of drug-likeness (QED) is 0.860. The van der Waals surface area contributed by atoms with Crippen LogP contribution < -0.4 is 10.5 Å². The molecule has 1 aromatic carbocycles. The van der Waals surface area contributed by atoms with E-state index in [1.54, 1.807) is 19.1 Å². The molecule has 0 unspecified atom stereocenters. The number of nitrogens with one attached hydrogen (secondary N) is 1. The van der Waals surface area contributed by atoms with Crippen molar-refractivity contribution >= 4 is 37.5 Å². The van der Waals surface area contributed by atoms with Crippen molar-refractivity contribution in [2.75, 3.05) is 4.72 Å². The first-order valence-electron chi connectivity index (χ1n) is 5.84. The first-order valence-corrected chi connectivity index (χ1v) is 8.11. The highest BCUT2D eigenvalue weighted by Gasteiger charge is 2.17. The fourth-order valence-electron chi connectivity index (χ4n) is 1.76. The van der Waals surface area contributed by atoms with E-state index in [4.69, 9.17) is 5.73 Å². The third-order valence-electron chi connectivity index (χ3n) is 2.83. The summed E-state index contributed by atoms with van der Waals surface area (Å²) in [6.45, 7) is 1.62. The Hall–Kier alpha value is -1.93. The largest absolute Gasteiger partial charge is 0.366 e. The summed E-state index contributed by atoms with van der Waals surface area (Å²) in [5.74, 6) is -0.613. The molecule has 8 heteroatoms. The summed E-state index contributed by atoms with van der Waals surface area (Å²) < 4.78 is 27.6. The molecule has 2 aromatic rings. The topological polar surface area (TPSA) is 102 Å². The average Bonchev–Trinajstić information content (AvgIpc) is 2.40. The van der Waals surface area contributed by atoms with Crippen molar-refractivity contribution in [2.45, 2.75) is 11.8 Å². The van der Waals surface area contributed by atoms with Crippen molar-refractivity contribution < 1.29 is 13.2 Å². The molecule has 6 nitrogen and oxygen atoms in total. The smallest absolute Gasteiger partial charge is 0.263 e. The van der Waals surface area contributed by atoms with Crippen molar-refractivity contribution in [3.8, 4) is 0 Å². The summed E-state index contributed by atoms with van der Waals surface area (Å²) in [6, 6.07) is 6.09. The van der Waals surface area contributed by atoms with Gasteiger partial charge in [-0.15, -0.1) is 0 Å². The number of anilines is 1. The monoisotopic (exact) mass is 369 g/mol. The summed E-state index contributed by atoms with van der Waals surface area (Å²) in [7, 11) is -3.80. The highest BCUT2D eigenvalue weighted by atomic mass is 79.9. The second kappa shape index (κ2) is 5.82. The number of aromatic nitrogens is 1. The minimum Gasteiger partial charge on any atom is -0.366 e. The molecule has 110 valence electrons. The molecule has 0 bridgehead atoms. The van der Waals surface area contributed by atoms with Gasteiger partial charge < -0.3 is 5.73 Å². The van der Waals surface area contributed by atoms with Gasteiger partial charge in [-0.05, 0) is 46.6 Å². The first-order chi connectivity index (χ1) is 9.81. The molecule has 0 aliphatic carbocycles. The molecule has 0 fully saturated rings. The van der Waals surface area contributed by atoms with Crippen molar-refractivity contribution in [1.29, 1.82) is 0 Å². The van der Waals surface area contributed by atoms with Crippen LogP contribution >= 0.6 is 15.9 Å². The molecule has 21 heavy (non-hydrogen) atoms. The van der Waals surface area contributed by atoms with Crippen molar-refractivity contribution in [2.24, 2.45) is 5.73 Å². The Kier molecular flexibility index (Phi) is 4.29. The number of nitrogens with two attached hydrogens (primary N) is 1. The van der Waals surface area contributed by atoms with Gasteiger partial charge in [-0.1, -0.05) is 6.07 Å². The molecule has 1 aromatic heterocycles. The molecule has 0 atom stereocenters. The van der Waals surface area contributed by atoms with Gasteiger partial charge in [-0.2, -0.15) is 0 Å². The van der Waals surface area contributed by atoms with Crippen LogP contribution in [0.3, 0.4) is 0 Å². The van der Waals surface area contributed by atoms with E-state index >= 15 is 0 Å². The number of hydrogen-bond acceptors (Lipinski definition) is 4. The molecule has 2 rings (SSSR count). The molecular weight excluding hydrogens is 358 g/mol. The maximum absolute atomic E-state index is 12.3. The molecule has 0 saturated carbocycles. The predicted molar refractivity (Wildman–Crippen MR) is 82.4 cm³/mol. The number of pyridine rings is 1. The SMILES string of the molecule is Cc1c(NS(=O)(=O)c2cncc(Br)c2)cccc1C(N)=O. The fourth-order valence-corrected chi connectivity index (χ4v) is 3.38. The summed E-state index contributed by atoms with van der Waals surface area (Å²) in [5, 5.41) is 0. The standard InChI is InChI=1S/C13H12BrN3O3S/c1-8-11(13(15)18)3-2-4-12(8)17-21(19,20)10-5-9(14)6-16-7-10/h2-7,17H,1H3,(H2,15,18). The second-order valence-corrected chi connectivity index (χ2v) is 6.88. The Balaban J connectivity index is 2.42. The van der Waals surface area contributed by atoms with Gasteiger partial charge in [0.15, 0.2) is 0 Å². The highest BCUT2D eigenvalue weighted by Crippen LogP contribution is 2.23. The van der Waals surface area contributed by atoms with E-state index in [0.29, 0.717) is 15.7 Å². The van der Waals surface area contributed by atoms with Crippen LogP contribution in [0.15, 0.2) is 46.0 Å². The Morgan fingerprint density at radius 2 is 2.05 bits per heavy atom. The summed E-state index contributed by atoms with van der Waals surface area (Å²) >= 11 is 3.17. The van der Waals surface area contributed by atoms with Crippen LogP contribution in [-0.2, 0) is 10.0 Å². The zero-order valence-corrected chi connectivity index (χ0v) is 13.4. The van der Waals surface area contributed by atoms with Gasteiger partial charge in [0.1, 0.15) is 4.90 Å². The van der Waals surface area contributed by atoms with Gasteiger partial charge in [0.25, 0.3) is 10.0 Å². The lowest BCUT2D eigenvalue weighted by Crippen LogP contribution is -2.17. The molecule has 0 aliphatic heterocycles. The van der Waals surface area contributed by atoms with Gasteiger partial charge in [0, 0.05) is 22.4 Å². The lowest BCUT2D eigenvalue weighted by molar-refractivity contribution is 0.0999. The van der Waals surface area contributed by atoms with Gasteiger partial charge in [0.05, 0.1) is 5.69 Å². The Morgan fingerprint density at radius 1 is 1.33 bits per heavy atom. The lowest BCUT2D eigenvalue weighted by atomic mass is 10.1. The fraction of sp³-hybridized carbons (Fsp3) is 0.0769. The van der Waals surface area contributed by atoms with E-state index < -0.39 is 15.9 Å². The molecule has 3 N–H and O–H groups in total. The Labute approximate surface area is 130 Å². The Bertz CT molecular complexity index is 806. The van der Waals surface area contributed by atoms with Crippen LogP contribution in [0.1, 0.15) is 15.9 Å². The third kappa shape index (κ3) is 3.40. The minimum absolute atomic E-state index is 0.0146. The minimum atomic E-state index is -3.80. The van der Waals surface area contributed by atoms with Crippen molar-refractivity contribution in [1.82, 2.24) is 4.98 Å². The van der Waals surface area contributed by atoms with Gasteiger partial charge in [0.2, 0.25) is 5.91 Å². The molecule has 0 aliphatic rings. The molecule has 0 spiro atoms. The number of amides is 1. The first kappa shape index (κ1) is 15.5. The van der Waals surface area contributed by atoms with Gasteiger partial charge >= 0.3 is 0 Å². The number of halogens is 1. The van der Waals surface area contributed by atoms with Crippen molar-refractivity contribution in [3.63, 3.8) is 0 Å². The number of hydrogen-bond donors (Lipinski definition) is 2. The van der Waals surface area contributed by atoms with E-state index in [-0.39, 0.29) is 10.5 Å². The van der Waals surface area contributed by atoms with Crippen LogP contribution in [0.2, 0.25) is 0 Å². The molecule has 0 saturated heterocycles. The van der Waals surface area contributed by atoms with Crippen LogP contribution in [0.4, 0.5) is 5.69 Å². The summed E-state index contributed by atoms with van der Waals surface area (Å²) in [4.78, 5) is 15.1. The molecule has 1 heterocycles. The van der Waals surface area contributed by atoms with E-state index in [9.17, 15) is 13.2 Å². The number of carbonyl (C=O) groups is 1. The summed E-state index contributed by atoms with van der Waals surface area (Å²) in [5.41, 5.74) is 6.28.